The number of thiophene rings is 1. The van der Waals surface area contributed by atoms with Gasteiger partial charge >= 0.3 is 0 Å². The second kappa shape index (κ2) is 5.85. The van der Waals surface area contributed by atoms with Gasteiger partial charge in [0.05, 0.1) is 13.7 Å². The summed E-state index contributed by atoms with van der Waals surface area (Å²) in [5.74, 6) is 6.97. The molecule has 4 N–H and O–H groups in total. The van der Waals surface area contributed by atoms with Crippen molar-refractivity contribution < 1.29 is 4.74 Å². The van der Waals surface area contributed by atoms with Gasteiger partial charge in [-0.2, -0.15) is 0 Å². The smallest absolute Gasteiger partial charge is 0.205 e. The standard InChI is InChI=1S/C12H17N5OS/c1-7-4-9(19-8(7)2)5-14-11-10(18-3)12(17-13)16-6-15-11/h4,6H,5,13H2,1-3H3,(H2,14,15,16,17). The minimum atomic E-state index is 0.457. The first-order valence-corrected chi connectivity index (χ1v) is 6.62. The predicted octanol–water partition coefficient (Wildman–Crippen LogP) is 2.06. The molecule has 2 aromatic heterocycles. The molecule has 2 rings (SSSR count). The van der Waals surface area contributed by atoms with Gasteiger partial charge in [0.15, 0.2) is 11.6 Å². The van der Waals surface area contributed by atoms with Crippen LogP contribution in [-0.4, -0.2) is 17.1 Å². The number of nitrogens with one attached hydrogen (secondary N) is 2. The molecular formula is C12H17N5OS. The fourth-order valence-electron chi connectivity index (χ4n) is 1.70. The highest BCUT2D eigenvalue weighted by atomic mass is 32.1. The third-order valence-corrected chi connectivity index (χ3v) is 3.94. The maximum absolute atomic E-state index is 5.38. The molecule has 0 unspecified atom stereocenters. The summed E-state index contributed by atoms with van der Waals surface area (Å²) in [5.41, 5.74) is 3.79. The van der Waals surface area contributed by atoms with Crippen LogP contribution >= 0.6 is 11.3 Å². The molecule has 0 atom stereocenters. The van der Waals surface area contributed by atoms with E-state index < -0.39 is 0 Å². The number of hydrogen-bond donors (Lipinski definition) is 3. The lowest BCUT2D eigenvalue weighted by molar-refractivity contribution is 0.414. The molecule has 2 aromatic rings. The Hall–Kier alpha value is -1.86. The number of ether oxygens (including phenoxy) is 1. The Kier molecular flexibility index (Phi) is 4.18. The third kappa shape index (κ3) is 2.94. The molecule has 6 nitrogen and oxygen atoms in total. The molecule has 0 aromatic carbocycles. The summed E-state index contributed by atoms with van der Waals surface area (Å²) in [5, 5.41) is 3.23. The van der Waals surface area contributed by atoms with Gasteiger partial charge in [-0.1, -0.05) is 0 Å². The number of hydrogen-bond acceptors (Lipinski definition) is 7. The molecule has 0 amide bonds. The Balaban J connectivity index is 2.15. The minimum Gasteiger partial charge on any atom is -0.490 e. The van der Waals surface area contributed by atoms with Gasteiger partial charge < -0.3 is 15.5 Å². The van der Waals surface area contributed by atoms with Crippen molar-refractivity contribution in [2.45, 2.75) is 20.4 Å². The van der Waals surface area contributed by atoms with Crippen molar-refractivity contribution in [2.75, 3.05) is 17.9 Å². The van der Waals surface area contributed by atoms with Gasteiger partial charge in [0, 0.05) is 9.75 Å². The molecule has 7 heteroatoms. The second-order valence-electron chi connectivity index (χ2n) is 4.05. The van der Waals surface area contributed by atoms with Crippen LogP contribution < -0.4 is 21.3 Å². The quantitative estimate of drug-likeness (QED) is 0.574. The molecule has 0 saturated carbocycles. The van der Waals surface area contributed by atoms with Gasteiger partial charge in [-0.3, -0.25) is 0 Å². The Bertz CT molecular complexity index is 550. The summed E-state index contributed by atoms with van der Waals surface area (Å²) >= 11 is 1.77. The van der Waals surface area contributed by atoms with E-state index in [2.05, 4.69) is 40.6 Å². The zero-order valence-electron chi connectivity index (χ0n) is 11.2. The molecule has 19 heavy (non-hydrogen) atoms. The van der Waals surface area contributed by atoms with E-state index in [1.165, 1.54) is 21.6 Å². The highest BCUT2D eigenvalue weighted by Crippen LogP contribution is 2.29. The van der Waals surface area contributed by atoms with Gasteiger partial charge in [-0.15, -0.1) is 11.3 Å². The monoisotopic (exact) mass is 279 g/mol. The van der Waals surface area contributed by atoms with E-state index in [0.717, 1.165) is 0 Å². The van der Waals surface area contributed by atoms with Crippen LogP contribution in [0, 0.1) is 13.8 Å². The Labute approximate surface area is 116 Å². The lowest BCUT2D eigenvalue weighted by atomic mass is 10.3. The SMILES string of the molecule is COc1c(NN)ncnc1NCc1cc(C)c(C)s1. The van der Waals surface area contributed by atoms with Crippen molar-refractivity contribution in [3.63, 3.8) is 0 Å². The van der Waals surface area contributed by atoms with Crippen molar-refractivity contribution in [2.24, 2.45) is 5.84 Å². The highest BCUT2D eigenvalue weighted by molar-refractivity contribution is 7.12. The number of anilines is 2. The molecular weight excluding hydrogens is 262 g/mol. The lowest BCUT2D eigenvalue weighted by Gasteiger charge is -2.11. The molecule has 0 bridgehead atoms. The minimum absolute atomic E-state index is 0.457. The third-order valence-electron chi connectivity index (χ3n) is 2.79. The van der Waals surface area contributed by atoms with Gasteiger partial charge in [0.25, 0.3) is 0 Å². The number of nitrogen functional groups attached to an aromatic ring is 1. The zero-order chi connectivity index (χ0) is 13.8. The molecule has 0 aliphatic rings. The van der Waals surface area contributed by atoms with Crippen LogP contribution in [-0.2, 0) is 6.54 Å². The number of nitrogens with zero attached hydrogens (tertiary/aromatic N) is 2. The summed E-state index contributed by atoms with van der Waals surface area (Å²) < 4.78 is 5.26. The van der Waals surface area contributed by atoms with E-state index in [1.807, 2.05) is 0 Å². The molecule has 0 aliphatic carbocycles. The van der Waals surface area contributed by atoms with Crippen LogP contribution in [0.5, 0.6) is 5.75 Å². The van der Waals surface area contributed by atoms with Crippen LogP contribution in [0.1, 0.15) is 15.3 Å². The lowest BCUT2D eigenvalue weighted by Crippen LogP contribution is -2.12. The van der Waals surface area contributed by atoms with E-state index in [0.29, 0.717) is 23.9 Å². The van der Waals surface area contributed by atoms with Gasteiger partial charge in [0.2, 0.25) is 5.75 Å². The number of rotatable bonds is 5. The zero-order valence-corrected chi connectivity index (χ0v) is 12.0. The summed E-state index contributed by atoms with van der Waals surface area (Å²) in [6.45, 7) is 4.92. The van der Waals surface area contributed by atoms with Crippen LogP contribution in [0.2, 0.25) is 0 Å². The summed E-state index contributed by atoms with van der Waals surface area (Å²) in [4.78, 5) is 10.7. The molecule has 0 radical (unpaired) electrons. The number of nitrogens with two attached hydrogens (primary N) is 1. The fraction of sp³-hybridized carbons (Fsp3) is 0.333. The van der Waals surface area contributed by atoms with E-state index in [1.54, 1.807) is 18.4 Å². The Morgan fingerprint density at radius 3 is 2.63 bits per heavy atom. The van der Waals surface area contributed by atoms with E-state index in [9.17, 15) is 0 Å². The Morgan fingerprint density at radius 2 is 2.05 bits per heavy atom. The van der Waals surface area contributed by atoms with Crippen LogP contribution in [0.3, 0.4) is 0 Å². The average Bonchev–Trinajstić information content (AvgIpc) is 2.74. The maximum atomic E-state index is 5.38. The van der Waals surface area contributed by atoms with E-state index in [4.69, 9.17) is 10.6 Å². The van der Waals surface area contributed by atoms with Gasteiger partial charge in [-0.25, -0.2) is 15.8 Å². The maximum Gasteiger partial charge on any atom is 0.205 e. The summed E-state index contributed by atoms with van der Waals surface area (Å²) in [7, 11) is 1.56. The van der Waals surface area contributed by atoms with Crippen molar-refractivity contribution in [3.8, 4) is 5.75 Å². The van der Waals surface area contributed by atoms with Crippen LogP contribution in [0.25, 0.3) is 0 Å². The number of hydrazine groups is 1. The number of methoxy groups -OCH3 is 1. The normalized spacial score (nSPS) is 10.3. The summed E-state index contributed by atoms with van der Waals surface area (Å²) in [6.07, 6.45) is 1.44. The molecule has 2 heterocycles. The molecule has 0 spiro atoms. The van der Waals surface area contributed by atoms with E-state index >= 15 is 0 Å². The van der Waals surface area contributed by atoms with Crippen molar-refractivity contribution in [1.82, 2.24) is 9.97 Å². The fourth-order valence-corrected chi connectivity index (χ4v) is 2.70. The van der Waals surface area contributed by atoms with Gasteiger partial charge in [-0.05, 0) is 25.5 Å². The Morgan fingerprint density at radius 1 is 1.32 bits per heavy atom. The molecule has 0 fully saturated rings. The average molecular weight is 279 g/mol. The van der Waals surface area contributed by atoms with Crippen LogP contribution in [0.15, 0.2) is 12.4 Å². The molecule has 102 valence electrons. The first kappa shape index (κ1) is 13.6. The number of aryl methyl sites for hydroxylation is 2. The van der Waals surface area contributed by atoms with Crippen molar-refractivity contribution >= 4 is 23.0 Å². The van der Waals surface area contributed by atoms with Crippen molar-refractivity contribution in [1.29, 1.82) is 0 Å². The second-order valence-corrected chi connectivity index (χ2v) is 5.39. The molecule has 0 aliphatic heterocycles. The van der Waals surface area contributed by atoms with Crippen LogP contribution in [0.4, 0.5) is 11.6 Å². The van der Waals surface area contributed by atoms with Gasteiger partial charge in [0.1, 0.15) is 6.33 Å². The largest absolute Gasteiger partial charge is 0.490 e. The first-order chi connectivity index (χ1) is 9.15. The van der Waals surface area contributed by atoms with Crippen molar-refractivity contribution in [3.05, 3.63) is 27.7 Å². The highest BCUT2D eigenvalue weighted by Gasteiger charge is 2.11. The predicted molar refractivity (Wildman–Crippen MR) is 77.5 cm³/mol. The number of aromatic nitrogens is 2. The van der Waals surface area contributed by atoms with E-state index in [-0.39, 0.29) is 0 Å². The first-order valence-electron chi connectivity index (χ1n) is 5.81. The molecule has 0 saturated heterocycles. The summed E-state index contributed by atoms with van der Waals surface area (Å²) in [6, 6.07) is 2.17. The topological polar surface area (TPSA) is 85.1 Å².